The molecule has 0 aliphatic rings. The van der Waals surface area contributed by atoms with Crippen LogP contribution in [0.2, 0.25) is 0 Å². The summed E-state index contributed by atoms with van der Waals surface area (Å²) in [4.78, 5) is 17.2. The summed E-state index contributed by atoms with van der Waals surface area (Å²) in [5.74, 6) is -2.69. The Hall–Kier alpha value is -3.33. The lowest BCUT2D eigenvalue weighted by Gasteiger charge is -2.12. The zero-order valence-corrected chi connectivity index (χ0v) is 16.4. The van der Waals surface area contributed by atoms with Crippen molar-refractivity contribution in [2.24, 2.45) is 4.99 Å². The number of amides is 1. The van der Waals surface area contributed by atoms with Crippen molar-refractivity contribution < 1.29 is 13.6 Å². The molecule has 0 saturated carbocycles. The summed E-state index contributed by atoms with van der Waals surface area (Å²) in [6, 6.07) is 10.1. The molecular formula is C19H19ClF2N6O. The highest BCUT2D eigenvalue weighted by Crippen LogP contribution is 2.12. The molecule has 0 saturated heterocycles. The summed E-state index contributed by atoms with van der Waals surface area (Å²) in [6.07, 6.45) is 0. The molecule has 2 rings (SSSR count). The van der Waals surface area contributed by atoms with E-state index < -0.39 is 16.8 Å². The van der Waals surface area contributed by atoms with Gasteiger partial charge in [0.15, 0.2) is 22.6 Å². The maximum atomic E-state index is 13.7. The Balaban J connectivity index is 2.06. The van der Waals surface area contributed by atoms with E-state index in [-0.39, 0.29) is 29.8 Å². The summed E-state index contributed by atoms with van der Waals surface area (Å²) in [7, 11) is 3.29. The van der Waals surface area contributed by atoms with Crippen LogP contribution in [-0.4, -0.2) is 41.9 Å². The van der Waals surface area contributed by atoms with E-state index in [1.807, 2.05) is 0 Å². The Kier molecular flexibility index (Phi) is 7.38. The zero-order valence-electron chi connectivity index (χ0n) is 15.7. The number of carbonyl (C=O) groups excluding carboxylic acids is 1. The number of benzene rings is 2. The molecule has 7 nitrogen and oxygen atoms in total. The van der Waals surface area contributed by atoms with Gasteiger partial charge in [0.25, 0.3) is 5.91 Å². The van der Waals surface area contributed by atoms with Crippen LogP contribution in [0.3, 0.4) is 0 Å². The van der Waals surface area contributed by atoms with Gasteiger partial charge in [-0.25, -0.2) is 8.78 Å². The van der Waals surface area contributed by atoms with Crippen molar-refractivity contribution in [2.45, 2.75) is 6.54 Å². The Bertz CT molecular complexity index is 960. The van der Waals surface area contributed by atoms with Gasteiger partial charge in [0.2, 0.25) is 5.96 Å². The largest absolute Gasteiger partial charge is 0.363 e. The van der Waals surface area contributed by atoms with E-state index >= 15 is 0 Å². The van der Waals surface area contributed by atoms with Gasteiger partial charge in [-0.3, -0.25) is 15.6 Å². The number of guanidine groups is 1. The molecule has 4 N–H and O–H groups in total. The minimum Gasteiger partial charge on any atom is -0.363 e. The Morgan fingerprint density at radius 2 is 1.79 bits per heavy atom. The van der Waals surface area contributed by atoms with E-state index in [9.17, 15) is 13.6 Å². The van der Waals surface area contributed by atoms with Gasteiger partial charge in [0.05, 0.1) is 0 Å². The number of nitrogens with zero attached hydrogens (tertiary/aromatic N) is 2. The van der Waals surface area contributed by atoms with Crippen molar-refractivity contribution in [2.75, 3.05) is 19.4 Å². The first-order chi connectivity index (χ1) is 13.7. The number of hydrogen-bond donors (Lipinski definition) is 4. The van der Waals surface area contributed by atoms with E-state index in [0.29, 0.717) is 11.3 Å². The Morgan fingerprint density at radius 1 is 1.14 bits per heavy atom. The normalized spacial score (nSPS) is 11.0. The van der Waals surface area contributed by atoms with E-state index in [0.717, 1.165) is 6.07 Å². The van der Waals surface area contributed by atoms with E-state index in [1.165, 1.54) is 17.0 Å². The SMILES string of the molecule is CN(C)C(=O)c1ccc(NC(=N)/N=C(/NCc2cccc(F)c2F)C(=N)Cl)cc1. The van der Waals surface area contributed by atoms with Crippen LogP contribution >= 0.6 is 11.6 Å². The number of nitrogens with one attached hydrogen (secondary N) is 4. The number of amidine groups is 1. The van der Waals surface area contributed by atoms with Gasteiger partial charge < -0.3 is 15.5 Å². The van der Waals surface area contributed by atoms with Gasteiger partial charge in [0, 0.05) is 37.5 Å². The molecule has 0 aromatic heterocycles. The second kappa shape index (κ2) is 9.74. The van der Waals surface area contributed by atoms with Crippen LogP contribution < -0.4 is 10.6 Å². The molecule has 0 spiro atoms. The van der Waals surface area contributed by atoms with Gasteiger partial charge in [-0.05, 0) is 30.3 Å². The smallest absolute Gasteiger partial charge is 0.253 e. The number of anilines is 1. The van der Waals surface area contributed by atoms with Crippen molar-refractivity contribution >= 4 is 40.2 Å². The molecule has 0 aliphatic heterocycles. The number of halogens is 3. The molecule has 2 aromatic carbocycles. The highest BCUT2D eigenvalue weighted by atomic mass is 35.5. The number of aliphatic imine (C=N–C) groups is 1. The lowest BCUT2D eigenvalue weighted by molar-refractivity contribution is 0.0827. The first-order valence-electron chi connectivity index (χ1n) is 8.36. The topological polar surface area (TPSA) is 104 Å². The molecule has 1 amide bonds. The van der Waals surface area contributed by atoms with E-state index in [1.54, 1.807) is 38.4 Å². The summed E-state index contributed by atoms with van der Waals surface area (Å²) in [6.45, 7) is -0.174. The third-order valence-electron chi connectivity index (χ3n) is 3.71. The fraction of sp³-hybridized carbons (Fsp3) is 0.158. The molecule has 0 bridgehead atoms. The van der Waals surface area contributed by atoms with Crippen LogP contribution in [-0.2, 0) is 6.54 Å². The standard InChI is InChI=1S/C19H19ClF2N6O/c1-28(2)18(29)11-6-8-13(9-7-11)26-19(24)27-17(16(20)23)25-10-12-4-3-5-14(21)15(12)22/h3-9,23H,10H2,1-2H3,(H3,24,25,26,27). The molecule has 0 atom stereocenters. The van der Waals surface area contributed by atoms with E-state index in [2.05, 4.69) is 15.6 Å². The molecule has 0 heterocycles. The van der Waals surface area contributed by atoms with Crippen molar-refractivity contribution in [1.82, 2.24) is 10.2 Å². The van der Waals surface area contributed by atoms with Gasteiger partial charge in [-0.2, -0.15) is 4.99 Å². The minimum absolute atomic E-state index is 0.0243. The lowest BCUT2D eigenvalue weighted by atomic mass is 10.2. The minimum atomic E-state index is -1.01. The van der Waals surface area contributed by atoms with Crippen molar-refractivity contribution in [3.05, 3.63) is 65.2 Å². The maximum Gasteiger partial charge on any atom is 0.253 e. The number of rotatable bonds is 5. The molecule has 0 aliphatic carbocycles. The monoisotopic (exact) mass is 420 g/mol. The zero-order chi connectivity index (χ0) is 21.6. The molecule has 2 aromatic rings. The highest BCUT2D eigenvalue weighted by Gasteiger charge is 2.11. The average molecular weight is 421 g/mol. The first kappa shape index (κ1) is 22.0. The molecule has 29 heavy (non-hydrogen) atoms. The highest BCUT2D eigenvalue weighted by molar-refractivity contribution is 6.83. The van der Waals surface area contributed by atoms with Gasteiger partial charge >= 0.3 is 0 Å². The lowest BCUT2D eigenvalue weighted by Crippen LogP contribution is -2.30. The van der Waals surface area contributed by atoms with Gasteiger partial charge in [-0.15, -0.1) is 0 Å². The molecule has 0 unspecified atom stereocenters. The van der Waals surface area contributed by atoms with Gasteiger partial charge in [-0.1, -0.05) is 23.7 Å². The van der Waals surface area contributed by atoms with Crippen molar-refractivity contribution in [3.63, 3.8) is 0 Å². The van der Waals surface area contributed by atoms with Gasteiger partial charge in [0.1, 0.15) is 0 Å². The Morgan fingerprint density at radius 3 is 2.38 bits per heavy atom. The Labute approximate surface area is 171 Å². The molecular weight excluding hydrogens is 402 g/mol. The van der Waals surface area contributed by atoms with Crippen LogP contribution in [0.5, 0.6) is 0 Å². The quantitative estimate of drug-likeness (QED) is 0.440. The fourth-order valence-electron chi connectivity index (χ4n) is 2.26. The van der Waals surface area contributed by atoms with Crippen LogP contribution in [0.15, 0.2) is 47.5 Å². The second-order valence-corrected chi connectivity index (χ2v) is 6.47. The number of carbonyl (C=O) groups is 1. The average Bonchev–Trinajstić information content (AvgIpc) is 2.67. The molecule has 10 heteroatoms. The predicted octanol–water partition coefficient (Wildman–Crippen LogP) is 3.42. The molecule has 0 radical (unpaired) electrons. The number of hydrogen-bond acceptors (Lipinski definition) is 3. The maximum absolute atomic E-state index is 13.7. The van der Waals surface area contributed by atoms with Crippen LogP contribution in [0, 0.1) is 22.5 Å². The van der Waals surface area contributed by atoms with Crippen LogP contribution in [0.25, 0.3) is 0 Å². The molecule has 0 fully saturated rings. The fourth-order valence-corrected chi connectivity index (χ4v) is 2.37. The van der Waals surface area contributed by atoms with Crippen molar-refractivity contribution in [3.8, 4) is 0 Å². The summed E-state index contributed by atoms with van der Waals surface area (Å²) in [5.41, 5.74) is 1.000. The summed E-state index contributed by atoms with van der Waals surface area (Å²) >= 11 is 5.67. The molecule has 152 valence electrons. The third-order valence-corrected chi connectivity index (χ3v) is 3.89. The van der Waals surface area contributed by atoms with Crippen LogP contribution in [0.4, 0.5) is 14.5 Å². The second-order valence-electron chi connectivity index (χ2n) is 6.09. The summed E-state index contributed by atoms with van der Waals surface area (Å²) < 4.78 is 27.0. The first-order valence-corrected chi connectivity index (χ1v) is 8.74. The third kappa shape index (κ3) is 6.08. The summed E-state index contributed by atoms with van der Waals surface area (Å²) in [5, 5.41) is 20.2. The predicted molar refractivity (Wildman–Crippen MR) is 110 cm³/mol. The van der Waals surface area contributed by atoms with E-state index in [4.69, 9.17) is 22.4 Å². The van der Waals surface area contributed by atoms with Crippen LogP contribution in [0.1, 0.15) is 15.9 Å². The van der Waals surface area contributed by atoms with Crippen molar-refractivity contribution in [1.29, 1.82) is 10.8 Å².